The molecule has 1 fully saturated rings. The van der Waals surface area contributed by atoms with Crippen LogP contribution in [-0.2, 0) is 9.59 Å². The number of nitrogens with one attached hydrogen (secondary N) is 3. The van der Waals surface area contributed by atoms with Crippen molar-refractivity contribution in [2.75, 3.05) is 11.9 Å². The fourth-order valence-electron chi connectivity index (χ4n) is 5.11. The van der Waals surface area contributed by atoms with Gasteiger partial charge in [0.05, 0.1) is 18.0 Å². The van der Waals surface area contributed by atoms with Gasteiger partial charge in [0.15, 0.2) is 11.4 Å². The zero-order chi connectivity index (χ0) is 26.8. The van der Waals surface area contributed by atoms with E-state index in [0.29, 0.717) is 29.0 Å². The van der Waals surface area contributed by atoms with Gasteiger partial charge < -0.3 is 24.9 Å². The Bertz CT molecular complexity index is 1460. The lowest BCUT2D eigenvalue weighted by Gasteiger charge is -2.36. The number of rotatable bonds is 8. The number of amides is 2. The first-order valence-corrected chi connectivity index (χ1v) is 13.2. The average molecular weight is 521 g/mol. The van der Waals surface area contributed by atoms with Crippen LogP contribution in [-0.4, -0.2) is 50.3 Å². The number of para-hydroxylation sites is 1. The highest BCUT2D eigenvalue weighted by molar-refractivity contribution is 5.91. The van der Waals surface area contributed by atoms with E-state index < -0.39 is 23.8 Å². The lowest BCUT2D eigenvalue weighted by molar-refractivity contribution is -0.137. The highest BCUT2D eigenvalue weighted by atomic mass is 19.1. The van der Waals surface area contributed by atoms with E-state index in [1.54, 1.807) is 19.1 Å². The summed E-state index contributed by atoms with van der Waals surface area (Å²) in [6, 6.07) is 9.16. The number of aromatic nitrogens is 3. The third kappa shape index (κ3) is 5.34. The number of fused-ring (bicyclic) bond motifs is 2. The summed E-state index contributed by atoms with van der Waals surface area (Å²) in [6.45, 7) is 6.49. The van der Waals surface area contributed by atoms with E-state index in [9.17, 15) is 14.0 Å². The number of halogens is 1. The number of H-pyrrole nitrogens is 1. The number of aryl methyl sites for hydroxylation is 1. The lowest BCUT2D eigenvalue weighted by atomic mass is 9.99. The van der Waals surface area contributed by atoms with Crippen LogP contribution < -0.4 is 10.6 Å². The minimum Gasteiger partial charge on any atom is -0.424 e. The predicted molar refractivity (Wildman–Crippen MR) is 143 cm³/mol. The molecule has 9 nitrogen and oxygen atoms in total. The van der Waals surface area contributed by atoms with E-state index in [0.717, 1.165) is 31.2 Å². The number of likely N-dealkylation sites (tertiary alicyclic amines) is 1. The minimum absolute atomic E-state index is 0.0540. The number of carbonyl (C=O) groups is 2. The first-order valence-electron chi connectivity index (χ1n) is 13.2. The highest BCUT2D eigenvalue weighted by Gasteiger charge is 2.31. The lowest BCUT2D eigenvalue weighted by Crippen LogP contribution is -2.48. The van der Waals surface area contributed by atoms with Crippen molar-refractivity contribution in [3.63, 3.8) is 0 Å². The summed E-state index contributed by atoms with van der Waals surface area (Å²) in [7, 11) is 0. The van der Waals surface area contributed by atoms with E-state index in [4.69, 9.17) is 4.42 Å². The van der Waals surface area contributed by atoms with Crippen LogP contribution in [0.5, 0.6) is 0 Å². The third-order valence-corrected chi connectivity index (χ3v) is 7.21. The molecule has 1 saturated heterocycles. The van der Waals surface area contributed by atoms with Crippen molar-refractivity contribution >= 4 is 40.0 Å². The third-order valence-electron chi connectivity index (χ3n) is 7.21. The molecule has 3 heterocycles. The Hall–Kier alpha value is -3.95. The quantitative estimate of drug-likeness (QED) is 0.301. The van der Waals surface area contributed by atoms with Crippen molar-refractivity contribution in [2.24, 2.45) is 0 Å². The van der Waals surface area contributed by atoms with E-state index in [1.165, 1.54) is 6.07 Å². The van der Waals surface area contributed by atoms with Crippen molar-refractivity contribution < 1.29 is 18.4 Å². The molecule has 0 aliphatic carbocycles. The standard InChI is InChI=1S/C28H33FN6O3/c1-4-18-8-5-6-13-35(18)24(36)15-22(33-28-32-21-14-16(2)11-12-23(21)38-28)27(37)30-17(3)26-31-20-10-7-9-19(29)25(20)34-26/h7,9-12,14,17-18,22H,4-6,8,13,15H2,1-3H3,(H,30,37)(H,31,34)(H,32,33)/t17?,18-,22?/m0/s1. The van der Waals surface area contributed by atoms with Crippen molar-refractivity contribution in [2.45, 2.75) is 71.0 Å². The Morgan fingerprint density at radius 1 is 1.24 bits per heavy atom. The maximum atomic E-state index is 14.2. The van der Waals surface area contributed by atoms with Crippen LogP contribution in [0, 0.1) is 12.7 Å². The average Bonchev–Trinajstić information content (AvgIpc) is 3.52. The fraction of sp³-hybridized carbons (Fsp3) is 0.429. The smallest absolute Gasteiger partial charge is 0.296 e. The molecule has 0 bridgehead atoms. The summed E-state index contributed by atoms with van der Waals surface area (Å²) in [5.41, 5.74) is 3.05. The SMILES string of the molecule is CC[C@H]1CCCCN1C(=O)CC(Nc1nc2cc(C)ccc2o1)C(=O)NC(C)c1nc2c(F)cccc2[nH]1. The number of imidazole rings is 1. The molecular formula is C28H33FN6O3. The van der Waals surface area contributed by atoms with Crippen LogP contribution in [0.2, 0.25) is 0 Å². The van der Waals surface area contributed by atoms with Gasteiger partial charge in [-0.2, -0.15) is 4.98 Å². The van der Waals surface area contributed by atoms with E-state index in [2.05, 4.69) is 32.5 Å². The Morgan fingerprint density at radius 2 is 2.08 bits per heavy atom. The van der Waals surface area contributed by atoms with E-state index >= 15 is 0 Å². The molecule has 1 aliphatic rings. The van der Waals surface area contributed by atoms with Crippen molar-refractivity contribution in [1.82, 2.24) is 25.2 Å². The second-order valence-corrected chi connectivity index (χ2v) is 10.0. The molecule has 2 unspecified atom stereocenters. The van der Waals surface area contributed by atoms with Crippen LogP contribution in [0.4, 0.5) is 10.4 Å². The number of aromatic amines is 1. The van der Waals surface area contributed by atoms with Crippen LogP contribution in [0.1, 0.15) is 63.4 Å². The van der Waals surface area contributed by atoms with Crippen molar-refractivity contribution in [3.8, 4) is 0 Å². The summed E-state index contributed by atoms with van der Waals surface area (Å²) >= 11 is 0. The molecule has 0 saturated carbocycles. The zero-order valence-corrected chi connectivity index (χ0v) is 21.9. The van der Waals surface area contributed by atoms with E-state index in [1.807, 2.05) is 30.0 Å². The van der Waals surface area contributed by atoms with Gasteiger partial charge in [-0.1, -0.05) is 19.1 Å². The van der Waals surface area contributed by atoms with Gasteiger partial charge in [0.1, 0.15) is 22.9 Å². The van der Waals surface area contributed by atoms with Crippen LogP contribution in [0.3, 0.4) is 0 Å². The number of hydrogen-bond donors (Lipinski definition) is 3. The van der Waals surface area contributed by atoms with Gasteiger partial charge in [-0.15, -0.1) is 0 Å². The second kappa shape index (κ2) is 10.8. The molecule has 10 heteroatoms. The Balaban J connectivity index is 1.37. The molecule has 0 radical (unpaired) electrons. The largest absolute Gasteiger partial charge is 0.424 e. The molecule has 2 aromatic carbocycles. The Morgan fingerprint density at radius 3 is 2.87 bits per heavy atom. The molecule has 3 N–H and O–H groups in total. The van der Waals surface area contributed by atoms with Gasteiger partial charge in [0, 0.05) is 12.6 Å². The number of hydrogen-bond acceptors (Lipinski definition) is 6. The number of nitrogens with zero attached hydrogens (tertiary/aromatic N) is 3. The number of oxazole rings is 1. The van der Waals surface area contributed by atoms with Gasteiger partial charge in [0.25, 0.3) is 6.01 Å². The van der Waals surface area contributed by atoms with Gasteiger partial charge in [-0.05, 0) is 69.4 Å². The molecule has 200 valence electrons. The maximum absolute atomic E-state index is 14.2. The summed E-state index contributed by atoms with van der Waals surface area (Å²) < 4.78 is 20.0. The summed E-state index contributed by atoms with van der Waals surface area (Å²) in [5, 5.41) is 5.97. The highest BCUT2D eigenvalue weighted by Crippen LogP contribution is 2.24. The number of benzene rings is 2. The first kappa shape index (κ1) is 25.7. The van der Waals surface area contributed by atoms with Crippen molar-refractivity contribution in [3.05, 3.63) is 53.6 Å². The van der Waals surface area contributed by atoms with Gasteiger partial charge in [0.2, 0.25) is 11.8 Å². The normalized spacial score (nSPS) is 17.5. The monoisotopic (exact) mass is 520 g/mol. The molecule has 3 atom stereocenters. The number of carbonyl (C=O) groups excluding carboxylic acids is 2. The van der Waals surface area contributed by atoms with Gasteiger partial charge >= 0.3 is 0 Å². The number of piperidine rings is 1. The first-order chi connectivity index (χ1) is 18.3. The fourth-order valence-corrected chi connectivity index (χ4v) is 5.11. The minimum atomic E-state index is -0.931. The van der Waals surface area contributed by atoms with Crippen LogP contribution in [0.15, 0.2) is 40.8 Å². The molecule has 5 rings (SSSR count). The van der Waals surface area contributed by atoms with Crippen molar-refractivity contribution in [1.29, 1.82) is 0 Å². The topological polar surface area (TPSA) is 116 Å². The molecular weight excluding hydrogens is 487 g/mol. The Labute approximate surface area is 220 Å². The van der Waals surface area contributed by atoms with Crippen LogP contribution >= 0.6 is 0 Å². The van der Waals surface area contributed by atoms with Crippen LogP contribution in [0.25, 0.3) is 22.1 Å². The maximum Gasteiger partial charge on any atom is 0.296 e. The molecule has 4 aromatic rings. The van der Waals surface area contributed by atoms with Gasteiger partial charge in [-0.3, -0.25) is 9.59 Å². The molecule has 0 spiro atoms. The molecule has 2 aromatic heterocycles. The summed E-state index contributed by atoms with van der Waals surface area (Å²) in [6.07, 6.45) is 3.84. The second-order valence-electron chi connectivity index (χ2n) is 10.0. The Kier molecular flexibility index (Phi) is 7.31. The summed E-state index contributed by atoms with van der Waals surface area (Å²) in [4.78, 5) is 40.7. The molecule has 1 aliphatic heterocycles. The predicted octanol–water partition coefficient (Wildman–Crippen LogP) is 4.99. The molecule has 2 amide bonds. The van der Waals surface area contributed by atoms with Gasteiger partial charge in [-0.25, -0.2) is 9.37 Å². The summed E-state index contributed by atoms with van der Waals surface area (Å²) in [5.74, 6) is -0.514. The molecule has 38 heavy (non-hydrogen) atoms. The number of anilines is 1. The zero-order valence-electron chi connectivity index (χ0n) is 21.9. The van der Waals surface area contributed by atoms with E-state index in [-0.39, 0.29) is 29.9 Å².